The van der Waals surface area contributed by atoms with Gasteiger partial charge in [-0.15, -0.1) is 0 Å². The lowest BCUT2D eigenvalue weighted by atomic mass is 10.2. The fourth-order valence-electron chi connectivity index (χ4n) is 3.61. The molecule has 0 saturated heterocycles. The number of aromatic nitrogens is 1. The van der Waals surface area contributed by atoms with E-state index in [2.05, 4.69) is 15.3 Å². The van der Waals surface area contributed by atoms with Crippen LogP contribution < -0.4 is 20.5 Å². The van der Waals surface area contributed by atoms with E-state index in [0.717, 1.165) is 21.7 Å². The van der Waals surface area contributed by atoms with Crippen LogP contribution >= 0.6 is 11.3 Å². The van der Waals surface area contributed by atoms with Gasteiger partial charge >= 0.3 is 6.09 Å². The van der Waals surface area contributed by atoms with Gasteiger partial charge in [0.15, 0.2) is 11.1 Å². The summed E-state index contributed by atoms with van der Waals surface area (Å²) in [6, 6.07) is 15.2. The standard InChI is InChI=1S/C24H27N5O4S/c1-31-19-9-6-10-20(32-2)17(19)13-26-22(25)28-23-27-18-11-12-29(14-21(18)34-23)24(30)33-15-16-7-4-3-5-8-16/h3-10H,11-15H2,1-2H3,(H3,25,26,27,28). The number of hydrogen-bond donors (Lipinski definition) is 2. The molecule has 2 aromatic carbocycles. The molecule has 0 fully saturated rings. The van der Waals surface area contributed by atoms with Crippen LogP contribution in [-0.2, 0) is 30.9 Å². The summed E-state index contributed by atoms with van der Waals surface area (Å²) in [5.41, 5.74) is 8.82. The van der Waals surface area contributed by atoms with E-state index in [-0.39, 0.29) is 25.2 Å². The van der Waals surface area contributed by atoms with Crippen molar-refractivity contribution >= 4 is 28.5 Å². The molecule has 2 heterocycles. The minimum atomic E-state index is -0.329. The van der Waals surface area contributed by atoms with E-state index in [0.29, 0.717) is 36.1 Å². The summed E-state index contributed by atoms with van der Waals surface area (Å²) in [5, 5.41) is 3.69. The van der Waals surface area contributed by atoms with Crippen LogP contribution in [0.4, 0.5) is 9.93 Å². The van der Waals surface area contributed by atoms with Crippen LogP contribution in [0, 0.1) is 0 Å². The Morgan fingerprint density at radius 2 is 1.88 bits per heavy atom. The Morgan fingerprint density at radius 1 is 1.15 bits per heavy atom. The van der Waals surface area contributed by atoms with Gasteiger partial charge in [0, 0.05) is 17.8 Å². The SMILES string of the molecule is COc1cccc(OC)c1CN=C(N)Nc1nc2c(s1)CN(C(=O)OCc1ccccc1)CC2. The first-order valence-electron chi connectivity index (χ1n) is 10.8. The third-order valence-corrected chi connectivity index (χ3v) is 6.36. The maximum absolute atomic E-state index is 12.5. The maximum atomic E-state index is 12.5. The molecule has 1 aliphatic heterocycles. The number of anilines is 1. The number of hydrogen-bond acceptors (Lipinski definition) is 7. The molecule has 0 atom stereocenters. The van der Waals surface area contributed by atoms with E-state index >= 15 is 0 Å². The van der Waals surface area contributed by atoms with Crippen molar-refractivity contribution in [2.45, 2.75) is 26.1 Å². The average molecular weight is 482 g/mol. The molecule has 4 rings (SSSR count). The van der Waals surface area contributed by atoms with Gasteiger partial charge in [0.05, 0.1) is 38.6 Å². The maximum Gasteiger partial charge on any atom is 0.410 e. The number of nitrogens with one attached hydrogen (secondary N) is 1. The molecule has 10 heteroatoms. The van der Waals surface area contributed by atoms with Gasteiger partial charge in [0.1, 0.15) is 18.1 Å². The van der Waals surface area contributed by atoms with Gasteiger partial charge in [-0.2, -0.15) is 0 Å². The van der Waals surface area contributed by atoms with Crippen molar-refractivity contribution in [1.29, 1.82) is 0 Å². The number of amides is 1. The molecule has 0 aliphatic carbocycles. The molecule has 1 aliphatic rings. The van der Waals surface area contributed by atoms with Gasteiger partial charge in [0.2, 0.25) is 0 Å². The Morgan fingerprint density at radius 3 is 2.59 bits per heavy atom. The topological polar surface area (TPSA) is 111 Å². The minimum absolute atomic E-state index is 0.234. The average Bonchev–Trinajstić information content (AvgIpc) is 3.27. The lowest BCUT2D eigenvalue weighted by molar-refractivity contribution is 0.0921. The van der Waals surface area contributed by atoms with Crippen molar-refractivity contribution in [2.24, 2.45) is 10.7 Å². The fraction of sp³-hybridized carbons (Fsp3) is 0.292. The van der Waals surface area contributed by atoms with Crippen molar-refractivity contribution in [1.82, 2.24) is 9.88 Å². The number of fused-ring (bicyclic) bond motifs is 1. The van der Waals surface area contributed by atoms with Crippen molar-refractivity contribution in [3.05, 3.63) is 70.2 Å². The molecule has 1 amide bonds. The molecule has 0 unspecified atom stereocenters. The van der Waals surface area contributed by atoms with Crippen LogP contribution in [0.3, 0.4) is 0 Å². The number of nitrogens with two attached hydrogens (primary N) is 1. The van der Waals surface area contributed by atoms with Crippen LogP contribution in [0.15, 0.2) is 53.5 Å². The van der Waals surface area contributed by atoms with Crippen LogP contribution in [0.5, 0.6) is 11.5 Å². The number of rotatable bonds is 7. The van der Waals surface area contributed by atoms with E-state index in [1.165, 1.54) is 11.3 Å². The summed E-state index contributed by atoms with van der Waals surface area (Å²) in [4.78, 5) is 24.2. The van der Waals surface area contributed by atoms with Gasteiger partial charge in [-0.3, -0.25) is 0 Å². The Bertz CT molecular complexity index is 1140. The summed E-state index contributed by atoms with van der Waals surface area (Å²) in [7, 11) is 3.20. The first kappa shape index (κ1) is 23.4. The Balaban J connectivity index is 1.35. The Hall–Kier alpha value is -3.79. The molecule has 0 radical (unpaired) electrons. The molecular weight excluding hydrogens is 454 g/mol. The molecule has 0 bridgehead atoms. The van der Waals surface area contributed by atoms with Crippen molar-refractivity contribution in [2.75, 3.05) is 26.1 Å². The zero-order chi connectivity index (χ0) is 23.9. The summed E-state index contributed by atoms with van der Waals surface area (Å²) < 4.78 is 16.3. The smallest absolute Gasteiger partial charge is 0.410 e. The number of benzene rings is 2. The van der Waals surface area contributed by atoms with Gasteiger partial charge in [0.25, 0.3) is 0 Å². The number of carbonyl (C=O) groups excluding carboxylic acids is 1. The molecule has 1 aromatic heterocycles. The largest absolute Gasteiger partial charge is 0.496 e. The third-order valence-electron chi connectivity index (χ3n) is 5.37. The summed E-state index contributed by atoms with van der Waals surface area (Å²) in [6.07, 6.45) is 0.327. The zero-order valence-electron chi connectivity index (χ0n) is 19.1. The Kier molecular flexibility index (Phi) is 7.48. The van der Waals surface area contributed by atoms with E-state index in [1.807, 2.05) is 48.5 Å². The van der Waals surface area contributed by atoms with Crippen molar-refractivity contribution in [3.8, 4) is 11.5 Å². The lowest BCUT2D eigenvalue weighted by Gasteiger charge is -2.25. The van der Waals surface area contributed by atoms with E-state index in [4.69, 9.17) is 19.9 Å². The van der Waals surface area contributed by atoms with Gasteiger partial charge < -0.3 is 30.2 Å². The lowest BCUT2D eigenvalue weighted by Crippen LogP contribution is -2.35. The number of nitrogens with zero attached hydrogens (tertiary/aromatic N) is 3. The van der Waals surface area contributed by atoms with Crippen LogP contribution in [-0.4, -0.2) is 42.7 Å². The minimum Gasteiger partial charge on any atom is -0.496 e. The fourth-order valence-corrected chi connectivity index (χ4v) is 4.64. The molecule has 9 nitrogen and oxygen atoms in total. The normalized spacial score (nSPS) is 13.2. The van der Waals surface area contributed by atoms with Crippen molar-refractivity contribution < 1.29 is 19.0 Å². The molecule has 0 saturated carbocycles. The third kappa shape index (κ3) is 5.57. The molecule has 3 N–H and O–H groups in total. The van der Waals surface area contributed by atoms with Crippen LogP contribution in [0.1, 0.15) is 21.7 Å². The number of ether oxygens (including phenoxy) is 3. The highest BCUT2D eigenvalue weighted by atomic mass is 32.1. The first-order valence-corrected chi connectivity index (χ1v) is 11.6. The molecule has 34 heavy (non-hydrogen) atoms. The monoisotopic (exact) mass is 481 g/mol. The highest BCUT2D eigenvalue weighted by molar-refractivity contribution is 7.15. The first-order chi connectivity index (χ1) is 16.6. The molecule has 0 spiro atoms. The predicted molar refractivity (Wildman–Crippen MR) is 131 cm³/mol. The van der Waals surface area contributed by atoms with Gasteiger partial charge in [-0.1, -0.05) is 47.7 Å². The van der Waals surface area contributed by atoms with E-state index in [9.17, 15) is 4.79 Å². The van der Waals surface area contributed by atoms with E-state index in [1.54, 1.807) is 19.1 Å². The highest BCUT2D eigenvalue weighted by Crippen LogP contribution is 2.30. The summed E-state index contributed by atoms with van der Waals surface area (Å²) >= 11 is 1.45. The van der Waals surface area contributed by atoms with Gasteiger partial charge in [-0.05, 0) is 17.7 Å². The summed E-state index contributed by atoms with van der Waals surface area (Å²) in [6.45, 7) is 1.55. The van der Waals surface area contributed by atoms with Crippen LogP contribution in [0.25, 0.3) is 0 Å². The zero-order valence-corrected chi connectivity index (χ0v) is 19.9. The van der Waals surface area contributed by atoms with E-state index < -0.39 is 0 Å². The number of aliphatic imine (C=N–C) groups is 1. The Labute approximate surface area is 202 Å². The molecular formula is C24H27N5O4S. The van der Waals surface area contributed by atoms with Crippen molar-refractivity contribution in [3.63, 3.8) is 0 Å². The van der Waals surface area contributed by atoms with Crippen LogP contribution in [0.2, 0.25) is 0 Å². The number of methoxy groups -OCH3 is 2. The second kappa shape index (κ2) is 10.9. The van der Waals surface area contributed by atoms with Gasteiger partial charge in [-0.25, -0.2) is 14.8 Å². The highest BCUT2D eigenvalue weighted by Gasteiger charge is 2.25. The molecule has 178 valence electrons. The second-order valence-electron chi connectivity index (χ2n) is 7.57. The predicted octanol–water partition coefficient (Wildman–Crippen LogP) is 3.78. The molecule has 3 aromatic rings. The summed E-state index contributed by atoms with van der Waals surface area (Å²) in [5.74, 6) is 1.60. The second-order valence-corrected chi connectivity index (χ2v) is 8.65. The number of guanidine groups is 1. The number of carbonyl (C=O) groups is 1. The quantitative estimate of drug-likeness (QED) is 0.390. The number of thiazole rings is 1.